The molecular weight excluding hydrogens is 487 g/mol. The van der Waals surface area contributed by atoms with Crippen molar-refractivity contribution in [2.24, 2.45) is 0 Å². The lowest BCUT2D eigenvalue weighted by atomic mass is 10.1. The molecule has 0 unspecified atom stereocenters. The number of nitriles is 1. The van der Waals surface area contributed by atoms with Gasteiger partial charge in [-0.15, -0.1) is 0 Å². The molecule has 0 bridgehead atoms. The van der Waals surface area contributed by atoms with E-state index in [1.807, 2.05) is 45.9 Å². The average molecular weight is 516 g/mol. The van der Waals surface area contributed by atoms with Gasteiger partial charge in [0, 0.05) is 24.0 Å². The summed E-state index contributed by atoms with van der Waals surface area (Å²) >= 11 is 0. The van der Waals surface area contributed by atoms with E-state index < -0.39 is 18.2 Å². The molecule has 2 aromatic heterocycles. The molecule has 0 radical (unpaired) electrons. The first kappa shape index (κ1) is 27.5. The summed E-state index contributed by atoms with van der Waals surface area (Å²) in [6.07, 6.45) is -5.04. The maximum absolute atomic E-state index is 13.5. The Morgan fingerprint density at radius 2 is 1.86 bits per heavy atom. The summed E-state index contributed by atoms with van der Waals surface area (Å²) in [5.74, 6) is -0.444. The van der Waals surface area contributed by atoms with Crippen molar-refractivity contribution in [1.29, 1.82) is 5.26 Å². The van der Waals surface area contributed by atoms with Gasteiger partial charge in [-0.2, -0.15) is 23.5 Å². The lowest BCUT2D eigenvalue weighted by molar-refractivity contribution is -0.189. The molecule has 8 nitrogen and oxygen atoms in total. The molecule has 37 heavy (non-hydrogen) atoms. The van der Waals surface area contributed by atoms with E-state index in [1.165, 1.54) is 24.1 Å². The third-order valence-electron chi connectivity index (χ3n) is 5.86. The van der Waals surface area contributed by atoms with Crippen molar-refractivity contribution in [3.63, 3.8) is 0 Å². The van der Waals surface area contributed by atoms with Gasteiger partial charge in [-0.25, -0.2) is 9.67 Å². The highest BCUT2D eigenvalue weighted by molar-refractivity contribution is 6.00. The van der Waals surface area contributed by atoms with E-state index in [2.05, 4.69) is 10.1 Å². The molecule has 3 heterocycles. The number of carbonyl (C=O) groups excluding carboxylic acids is 1. The Balaban J connectivity index is 0.00000186. The zero-order chi connectivity index (χ0) is 27.5. The summed E-state index contributed by atoms with van der Waals surface area (Å²) in [4.78, 5) is 19.4. The van der Waals surface area contributed by atoms with Crippen molar-refractivity contribution in [3.8, 4) is 23.4 Å². The number of hydrogen-bond donors (Lipinski definition) is 0. The van der Waals surface area contributed by atoms with E-state index in [0.717, 1.165) is 23.7 Å². The highest BCUT2D eigenvalue weighted by atomic mass is 19.4. The number of amides is 1. The van der Waals surface area contributed by atoms with E-state index in [-0.39, 0.29) is 35.7 Å². The van der Waals surface area contributed by atoms with E-state index in [9.17, 15) is 23.2 Å². The van der Waals surface area contributed by atoms with Crippen LogP contribution < -0.4 is 9.47 Å². The standard InChI is InChI=1S/C24H22F3N5O3.C2H6/c1-13-5-8-20(29-14(13)2)32-11-17-10-31(12-18(17)30-32)23(33)21-19(35-15(3)24(25,26)27)7-6-16(9-28)22(21)34-4;1-2/h5-8,11,15H,10,12H2,1-4H3;1-2H3/t15-;/m0./s1. The van der Waals surface area contributed by atoms with Crippen LogP contribution in [0.15, 0.2) is 30.5 Å². The van der Waals surface area contributed by atoms with Crippen LogP contribution in [0.4, 0.5) is 13.2 Å². The maximum Gasteiger partial charge on any atom is 0.425 e. The maximum atomic E-state index is 13.5. The first-order valence-electron chi connectivity index (χ1n) is 11.7. The molecule has 4 rings (SSSR count). The van der Waals surface area contributed by atoms with E-state index in [0.29, 0.717) is 11.5 Å². The first-order valence-corrected chi connectivity index (χ1v) is 11.7. The van der Waals surface area contributed by atoms with Gasteiger partial charge < -0.3 is 14.4 Å². The molecule has 1 aliphatic heterocycles. The van der Waals surface area contributed by atoms with Crippen molar-refractivity contribution in [2.45, 2.75) is 60.0 Å². The van der Waals surface area contributed by atoms with Gasteiger partial charge in [0.1, 0.15) is 17.4 Å². The van der Waals surface area contributed by atoms with Crippen LogP contribution in [-0.4, -0.2) is 45.0 Å². The molecule has 0 aliphatic carbocycles. The molecule has 0 saturated carbocycles. The number of pyridine rings is 1. The van der Waals surface area contributed by atoms with Crippen LogP contribution in [0.3, 0.4) is 0 Å². The molecule has 0 N–H and O–H groups in total. The number of fused-ring (bicyclic) bond motifs is 1. The zero-order valence-electron chi connectivity index (χ0n) is 21.5. The Labute approximate surface area is 213 Å². The van der Waals surface area contributed by atoms with Crippen LogP contribution in [0.25, 0.3) is 5.82 Å². The van der Waals surface area contributed by atoms with Gasteiger partial charge in [0.25, 0.3) is 5.91 Å². The lowest BCUT2D eigenvalue weighted by Crippen LogP contribution is -2.33. The third kappa shape index (κ3) is 5.53. The molecule has 1 atom stereocenters. The Morgan fingerprint density at radius 1 is 1.16 bits per heavy atom. The number of aryl methyl sites for hydroxylation is 2. The minimum absolute atomic E-state index is 0.00537. The number of hydrogen-bond acceptors (Lipinski definition) is 6. The lowest BCUT2D eigenvalue weighted by Gasteiger charge is -2.23. The number of aromatic nitrogens is 3. The van der Waals surface area contributed by atoms with Crippen LogP contribution >= 0.6 is 0 Å². The fraction of sp³-hybridized carbons (Fsp3) is 0.385. The van der Waals surface area contributed by atoms with E-state index in [1.54, 1.807) is 10.9 Å². The Kier molecular flexibility index (Phi) is 8.11. The van der Waals surface area contributed by atoms with Crippen LogP contribution in [0.1, 0.15) is 59.2 Å². The van der Waals surface area contributed by atoms with Gasteiger partial charge in [0.2, 0.25) is 0 Å². The molecule has 3 aromatic rings. The van der Waals surface area contributed by atoms with E-state index >= 15 is 0 Å². The Hall–Kier alpha value is -4.07. The number of alkyl halides is 3. The molecule has 11 heteroatoms. The van der Waals surface area contributed by atoms with Crippen LogP contribution in [0.2, 0.25) is 0 Å². The second-order valence-electron chi connectivity index (χ2n) is 8.21. The largest absolute Gasteiger partial charge is 0.494 e. The van der Waals surface area contributed by atoms with Crippen LogP contribution in [0, 0.1) is 25.2 Å². The molecule has 0 fully saturated rings. The van der Waals surface area contributed by atoms with Gasteiger partial charge in [-0.1, -0.05) is 19.9 Å². The van der Waals surface area contributed by atoms with Crippen LogP contribution in [0.5, 0.6) is 11.5 Å². The highest BCUT2D eigenvalue weighted by Gasteiger charge is 2.40. The number of benzene rings is 1. The van der Waals surface area contributed by atoms with Gasteiger partial charge in [0.15, 0.2) is 17.7 Å². The molecule has 196 valence electrons. The molecular formula is C26H28F3N5O3. The molecule has 1 aromatic carbocycles. The predicted molar refractivity (Wildman–Crippen MR) is 130 cm³/mol. The summed E-state index contributed by atoms with van der Waals surface area (Å²) in [5, 5.41) is 13.9. The smallest absolute Gasteiger partial charge is 0.425 e. The summed E-state index contributed by atoms with van der Waals surface area (Å²) < 4.78 is 51.4. The van der Waals surface area contributed by atoms with Gasteiger partial charge >= 0.3 is 6.18 Å². The van der Waals surface area contributed by atoms with Crippen molar-refractivity contribution in [1.82, 2.24) is 19.7 Å². The average Bonchev–Trinajstić information content (AvgIpc) is 3.45. The summed E-state index contributed by atoms with van der Waals surface area (Å²) in [7, 11) is 1.24. The fourth-order valence-electron chi connectivity index (χ4n) is 3.74. The zero-order valence-corrected chi connectivity index (χ0v) is 21.5. The quantitative estimate of drug-likeness (QED) is 0.459. The summed E-state index contributed by atoms with van der Waals surface area (Å²) in [5.41, 5.74) is 3.11. The van der Waals surface area contributed by atoms with E-state index in [4.69, 9.17) is 9.47 Å². The number of ether oxygens (including phenoxy) is 2. The van der Waals surface area contributed by atoms with Crippen molar-refractivity contribution in [2.75, 3.05) is 7.11 Å². The first-order chi connectivity index (χ1) is 17.5. The van der Waals surface area contributed by atoms with Gasteiger partial charge in [-0.05, 0) is 44.5 Å². The number of carbonyl (C=O) groups is 1. The van der Waals surface area contributed by atoms with Gasteiger partial charge in [0.05, 0.1) is 24.9 Å². The number of methoxy groups -OCH3 is 1. The minimum Gasteiger partial charge on any atom is -0.494 e. The SMILES string of the molecule is CC.COc1c(C#N)ccc(O[C@@H](C)C(F)(F)F)c1C(=O)N1Cc2cn(-c3ccc(C)c(C)n3)nc2C1. The normalized spacial score (nSPS) is 13.2. The monoisotopic (exact) mass is 515 g/mol. The van der Waals surface area contributed by atoms with Crippen molar-refractivity contribution >= 4 is 5.91 Å². The second kappa shape index (κ2) is 10.9. The molecule has 1 amide bonds. The van der Waals surface area contributed by atoms with Crippen LogP contribution in [-0.2, 0) is 13.1 Å². The minimum atomic E-state index is -4.64. The number of nitrogens with zero attached hydrogens (tertiary/aromatic N) is 5. The van der Waals surface area contributed by atoms with Gasteiger partial charge in [-0.3, -0.25) is 4.79 Å². The summed E-state index contributed by atoms with van der Waals surface area (Å²) in [6, 6.07) is 8.12. The molecule has 0 spiro atoms. The number of rotatable bonds is 5. The Bertz CT molecular complexity index is 1320. The summed E-state index contributed by atoms with van der Waals surface area (Å²) in [6.45, 7) is 9.00. The number of halogens is 3. The topological polar surface area (TPSA) is 93.3 Å². The molecule has 0 saturated heterocycles. The fourth-order valence-corrected chi connectivity index (χ4v) is 3.74. The predicted octanol–water partition coefficient (Wildman–Crippen LogP) is 5.28. The van der Waals surface area contributed by atoms with Crippen molar-refractivity contribution < 1.29 is 27.4 Å². The molecule has 1 aliphatic rings. The third-order valence-corrected chi connectivity index (χ3v) is 5.86. The highest BCUT2D eigenvalue weighted by Crippen LogP contribution is 2.37. The second-order valence-corrected chi connectivity index (χ2v) is 8.21. The van der Waals surface area contributed by atoms with Crippen molar-refractivity contribution in [3.05, 3.63) is 64.1 Å². The Morgan fingerprint density at radius 3 is 2.43 bits per heavy atom.